The Bertz CT molecular complexity index is 818. The van der Waals surface area contributed by atoms with Crippen LogP contribution in [0.15, 0.2) is 45.6 Å². The van der Waals surface area contributed by atoms with Crippen molar-refractivity contribution in [2.24, 2.45) is 0 Å². The van der Waals surface area contributed by atoms with E-state index in [4.69, 9.17) is 14.9 Å². The van der Waals surface area contributed by atoms with Crippen LogP contribution < -0.4 is 10.5 Å². The Kier molecular flexibility index (Phi) is 3.81. The maximum absolute atomic E-state index is 13.0. The number of hydrogen-bond acceptors (Lipinski definition) is 5. The number of anilines is 1. The first-order valence-corrected chi connectivity index (χ1v) is 7.10. The molecule has 0 atom stereocenters. The van der Waals surface area contributed by atoms with Gasteiger partial charge >= 0.3 is 0 Å². The average molecular weight is 364 g/mol. The second-order valence-corrected chi connectivity index (χ2v) is 5.18. The van der Waals surface area contributed by atoms with E-state index in [1.54, 1.807) is 24.4 Å². The summed E-state index contributed by atoms with van der Waals surface area (Å²) in [5.41, 5.74) is 7.62. The van der Waals surface area contributed by atoms with Crippen molar-refractivity contribution in [3.05, 3.63) is 47.0 Å². The van der Waals surface area contributed by atoms with Gasteiger partial charge in [-0.1, -0.05) is 0 Å². The highest BCUT2D eigenvalue weighted by Crippen LogP contribution is 2.34. The zero-order chi connectivity index (χ0) is 15.7. The molecule has 0 amide bonds. The first kappa shape index (κ1) is 14.5. The molecule has 0 radical (unpaired) electrons. The zero-order valence-corrected chi connectivity index (χ0v) is 13.1. The van der Waals surface area contributed by atoms with Crippen molar-refractivity contribution >= 4 is 21.7 Å². The number of nitrogens with zero attached hydrogens (tertiary/aromatic N) is 2. The van der Waals surface area contributed by atoms with E-state index in [-0.39, 0.29) is 5.82 Å². The number of ether oxygens (including phenoxy) is 1. The number of oxazole rings is 1. The van der Waals surface area contributed by atoms with E-state index in [0.29, 0.717) is 38.9 Å². The van der Waals surface area contributed by atoms with Gasteiger partial charge in [0, 0.05) is 17.3 Å². The fourth-order valence-corrected chi connectivity index (χ4v) is 2.41. The average Bonchev–Trinajstić information content (AvgIpc) is 2.90. The number of methoxy groups -OCH3 is 1. The monoisotopic (exact) mass is 363 g/mol. The lowest BCUT2D eigenvalue weighted by atomic mass is 10.2. The summed E-state index contributed by atoms with van der Waals surface area (Å²) in [6.07, 6.45) is 1.58. The van der Waals surface area contributed by atoms with Crippen LogP contribution in [0.1, 0.15) is 0 Å². The molecule has 7 heteroatoms. The number of pyridine rings is 1. The highest BCUT2D eigenvalue weighted by Gasteiger charge is 2.16. The van der Waals surface area contributed by atoms with Crippen LogP contribution in [-0.4, -0.2) is 17.1 Å². The summed E-state index contributed by atoms with van der Waals surface area (Å²) in [7, 11) is 1.51. The minimum atomic E-state index is -0.318. The van der Waals surface area contributed by atoms with Gasteiger partial charge in [-0.3, -0.25) is 0 Å². The Hall–Kier alpha value is -2.41. The highest BCUT2D eigenvalue weighted by atomic mass is 79.9. The summed E-state index contributed by atoms with van der Waals surface area (Å²) in [6.45, 7) is 0. The summed E-state index contributed by atoms with van der Waals surface area (Å²) >= 11 is 3.33. The highest BCUT2D eigenvalue weighted by molar-refractivity contribution is 9.10. The van der Waals surface area contributed by atoms with Crippen LogP contribution in [0.2, 0.25) is 0 Å². The molecule has 3 aromatic rings. The Labute approximate surface area is 134 Å². The quantitative estimate of drug-likeness (QED) is 0.763. The van der Waals surface area contributed by atoms with Crippen LogP contribution in [0.4, 0.5) is 10.2 Å². The van der Waals surface area contributed by atoms with E-state index in [2.05, 4.69) is 25.9 Å². The van der Waals surface area contributed by atoms with E-state index in [1.807, 2.05) is 0 Å². The Morgan fingerprint density at radius 1 is 1.23 bits per heavy atom. The molecular weight excluding hydrogens is 353 g/mol. The number of nitrogen functional groups attached to an aromatic ring is 1. The maximum atomic E-state index is 13.0. The van der Waals surface area contributed by atoms with Crippen LogP contribution in [0.5, 0.6) is 5.75 Å². The molecule has 0 spiro atoms. The van der Waals surface area contributed by atoms with Crippen molar-refractivity contribution in [3.8, 4) is 28.5 Å². The lowest BCUT2D eigenvalue weighted by Gasteiger charge is -2.04. The topological polar surface area (TPSA) is 74.2 Å². The van der Waals surface area contributed by atoms with Crippen LogP contribution >= 0.6 is 15.9 Å². The van der Waals surface area contributed by atoms with E-state index in [0.717, 1.165) is 0 Å². The van der Waals surface area contributed by atoms with Gasteiger partial charge in [-0.05, 0) is 46.3 Å². The lowest BCUT2D eigenvalue weighted by Crippen LogP contribution is -1.96. The number of benzene rings is 1. The van der Waals surface area contributed by atoms with Crippen LogP contribution in [0.3, 0.4) is 0 Å². The lowest BCUT2D eigenvalue weighted by molar-refractivity contribution is 0.415. The molecule has 2 heterocycles. The molecule has 0 aliphatic heterocycles. The minimum Gasteiger partial charge on any atom is -0.493 e. The summed E-state index contributed by atoms with van der Waals surface area (Å²) in [6, 6.07) is 7.61. The number of hydrogen-bond donors (Lipinski definition) is 1. The molecule has 2 aromatic heterocycles. The Balaban J connectivity index is 2.04. The predicted molar refractivity (Wildman–Crippen MR) is 83.8 cm³/mol. The SMILES string of the molecule is COc1cc(-c2nc(-c3ccc(F)cc3)oc2Br)cnc1N. The number of aromatic nitrogens is 2. The fraction of sp³-hybridized carbons (Fsp3) is 0.0667. The molecule has 0 unspecified atom stereocenters. The molecule has 0 aliphatic rings. The van der Waals surface area contributed by atoms with Crippen LogP contribution in [0, 0.1) is 5.82 Å². The molecule has 0 saturated heterocycles. The van der Waals surface area contributed by atoms with Crippen LogP contribution in [-0.2, 0) is 0 Å². The van der Waals surface area contributed by atoms with Gasteiger partial charge in [0.1, 0.15) is 11.5 Å². The first-order valence-electron chi connectivity index (χ1n) is 6.30. The smallest absolute Gasteiger partial charge is 0.228 e. The second-order valence-electron chi connectivity index (χ2n) is 4.46. The van der Waals surface area contributed by atoms with Crippen molar-refractivity contribution < 1.29 is 13.5 Å². The third kappa shape index (κ3) is 2.67. The second kappa shape index (κ2) is 5.76. The molecule has 0 aliphatic carbocycles. The number of nitrogens with two attached hydrogens (primary N) is 1. The van der Waals surface area contributed by atoms with Crippen molar-refractivity contribution in [1.29, 1.82) is 0 Å². The molecule has 0 saturated carbocycles. The van der Waals surface area contributed by atoms with Gasteiger partial charge in [0.25, 0.3) is 0 Å². The van der Waals surface area contributed by atoms with Gasteiger partial charge < -0.3 is 14.9 Å². The molecule has 5 nitrogen and oxygen atoms in total. The maximum Gasteiger partial charge on any atom is 0.228 e. The van der Waals surface area contributed by atoms with E-state index in [9.17, 15) is 4.39 Å². The predicted octanol–water partition coefficient (Wildman–Crippen LogP) is 3.90. The van der Waals surface area contributed by atoms with Gasteiger partial charge in [0.05, 0.1) is 7.11 Å². The standard InChI is InChI=1S/C15H11BrFN3O2/c1-21-11-6-9(7-19-14(11)18)12-13(16)22-15(20-12)8-2-4-10(17)5-3-8/h2-7H,1H3,(H2,18,19). The first-order chi connectivity index (χ1) is 10.6. The normalized spacial score (nSPS) is 10.7. The summed E-state index contributed by atoms with van der Waals surface area (Å²) in [5.74, 6) is 0.806. The van der Waals surface area contributed by atoms with Crippen LogP contribution in [0.25, 0.3) is 22.7 Å². The molecule has 0 bridgehead atoms. The van der Waals surface area contributed by atoms with Gasteiger partial charge in [-0.2, -0.15) is 0 Å². The number of halogens is 2. The Morgan fingerprint density at radius 3 is 2.64 bits per heavy atom. The molecule has 2 N–H and O–H groups in total. The zero-order valence-electron chi connectivity index (χ0n) is 11.5. The largest absolute Gasteiger partial charge is 0.493 e. The van der Waals surface area contributed by atoms with Gasteiger partial charge in [0.15, 0.2) is 16.2 Å². The van der Waals surface area contributed by atoms with Gasteiger partial charge in [-0.25, -0.2) is 14.4 Å². The van der Waals surface area contributed by atoms with E-state index in [1.165, 1.54) is 19.2 Å². The number of rotatable bonds is 3. The van der Waals surface area contributed by atoms with Gasteiger partial charge in [0.2, 0.25) is 5.89 Å². The van der Waals surface area contributed by atoms with Crippen molar-refractivity contribution in [2.45, 2.75) is 0 Å². The van der Waals surface area contributed by atoms with E-state index < -0.39 is 0 Å². The molecular formula is C15H11BrFN3O2. The summed E-state index contributed by atoms with van der Waals surface area (Å²) in [5, 5.41) is 0. The summed E-state index contributed by atoms with van der Waals surface area (Å²) < 4.78 is 24.2. The third-order valence-corrected chi connectivity index (χ3v) is 3.59. The summed E-state index contributed by atoms with van der Waals surface area (Å²) in [4.78, 5) is 8.47. The minimum absolute atomic E-state index is 0.296. The van der Waals surface area contributed by atoms with Gasteiger partial charge in [-0.15, -0.1) is 0 Å². The molecule has 3 rings (SSSR count). The Morgan fingerprint density at radius 2 is 1.95 bits per heavy atom. The molecule has 0 fully saturated rings. The molecule has 112 valence electrons. The van der Waals surface area contributed by atoms with Crippen molar-refractivity contribution in [3.63, 3.8) is 0 Å². The molecule has 1 aromatic carbocycles. The van der Waals surface area contributed by atoms with Crippen molar-refractivity contribution in [2.75, 3.05) is 12.8 Å². The third-order valence-electron chi connectivity index (χ3n) is 3.05. The fourth-order valence-electron chi connectivity index (χ4n) is 1.94. The van der Waals surface area contributed by atoms with E-state index >= 15 is 0 Å². The van der Waals surface area contributed by atoms with Crippen molar-refractivity contribution in [1.82, 2.24) is 9.97 Å². The molecule has 22 heavy (non-hydrogen) atoms.